The van der Waals surface area contributed by atoms with Crippen molar-refractivity contribution in [1.29, 1.82) is 0 Å². The van der Waals surface area contributed by atoms with Crippen LogP contribution in [-0.4, -0.2) is 43.1 Å². The monoisotopic (exact) mass is 399 g/mol. The highest BCUT2D eigenvalue weighted by Gasteiger charge is 2.42. The average Bonchev–Trinajstić information content (AvgIpc) is 2.70. The van der Waals surface area contributed by atoms with Crippen molar-refractivity contribution in [3.05, 3.63) is 60.3 Å². The first kappa shape index (κ1) is 21.9. The number of phenols is 1. The topological polar surface area (TPSA) is 94.4 Å². The summed E-state index contributed by atoms with van der Waals surface area (Å²) >= 11 is 0. The summed E-state index contributed by atoms with van der Waals surface area (Å²) in [6.45, 7) is 10.5. The van der Waals surface area contributed by atoms with Crippen LogP contribution in [-0.2, 0) is 19.1 Å². The molecule has 2 rings (SSSR count). The van der Waals surface area contributed by atoms with Crippen LogP contribution in [0, 0.1) is 5.92 Å². The average molecular weight is 399 g/mol. The van der Waals surface area contributed by atoms with Gasteiger partial charge in [0.05, 0.1) is 12.7 Å². The van der Waals surface area contributed by atoms with Gasteiger partial charge < -0.3 is 19.3 Å². The lowest BCUT2D eigenvalue weighted by Crippen LogP contribution is -2.36. The van der Waals surface area contributed by atoms with Crippen molar-refractivity contribution in [2.45, 2.75) is 19.8 Å². The van der Waals surface area contributed by atoms with Gasteiger partial charge in [-0.05, 0) is 31.5 Å². The van der Waals surface area contributed by atoms with E-state index < -0.39 is 23.8 Å². The standard InChI is InChI=1S/C22H25NO6/c1-6-10-28-21(25)18-13(3)23-14(4)19(22(26)29-11-7-2)20(18)15-8-9-16(24)17(12-15)27-5/h6-9,12,18,20,24H,1-2,10-11H2,3-5H3/t18?,20-/m0/s1. The number of nitrogens with zero attached hydrogens (tertiary/aromatic N) is 1. The van der Waals surface area contributed by atoms with Crippen LogP contribution >= 0.6 is 0 Å². The van der Waals surface area contributed by atoms with Crippen molar-refractivity contribution >= 4 is 17.7 Å². The van der Waals surface area contributed by atoms with Crippen LogP contribution in [0.25, 0.3) is 0 Å². The molecule has 1 aromatic rings. The Morgan fingerprint density at radius 2 is 1.83 bits per heavy atom. The van der Waals surface area contributed by atoms with Crippen LogP contribution < -0.4 is 4.74 Å². The Labute approximate surface area is 170 Å². The Bertz CT molecular complexity index is 883. The minimum absolute atomic E-state index is 0.0233. The smallest absolute Gasteiger partial charge is 0.336 e. The number of carbonyl (C=O) groups excluding carboxylic acids is 2. The number of hydrogen-bond acceptors (Lipinski definition) is 7. The Balaban J connectivity index is 2.63. The summed E-state index contributed by atoms with van der Waals surface area (Å²) in [5.74, 6) is -2.55. The van der Waals surface area contributed by atoms with Crippen molar-refractivity contribution in [2.24, 2.45) is 10.9 Å². The number of hydrogen-bond donors (Lipinski definition) is 1. The molecule has 0 amide bonds. The summed E-state index contributed by atoms with van der Waals surface area (Å²) in [5.41, 5.74) is 1.78. The largest absolute Gasteiger partial charge is 0.504 e. The molecule has 1 unspecified atom stereocenters. The maximum Gasteiger partial charge on any atom is 0.336 e. The van der Waals surface area contributed by atoms with Gasteiger partial charge in [0.2, 0.25) is 0 Å². The molecule has 1 N–H and O–H groups in total. The number of aromatic hydroxyl groups is 1. The van der Waals surface area contributed by atoms with E-state index in [1.807, 2.05) is 0 Å². The second kappa shape index (κ2) is 9.73. The van der Waals surface area contributed by atoms with E-state index in [0.29, 0.717) is 17.0 Å². The summed E-state index contributed by atoms with van der Waals surface area (Å²) in [5, 5.41) is 9.95. The molecule has 0 bridgehead atoms. The second-order valence-electron chi connectivity index (χ2n) is 6.44. The van der Waals surface area contributed by atoms with Gasteiger partial charge in [0.25, 0.3) is 0 Å². The molecule has 1 aliphatic heterocycles. The van der Waals surface area contributed by atoms with Crippen LogP contribution in [0.3, 0.4) is 0 Å². The van der Waals surface area contributed by atoms with E-state index in [4.69, 9.17) is 14.2 Å². The molecule has 0 saturated heterocycles. The van der Waals surface area contributed by atoms with Crippen LogP contribution in [0.1, 0.15) is 25.3 Å². The van der Waals surface area contributed by atoms with Crippen molar-refractivity contribution in [2.75, 3.05) is 20.3 Å². The predicted molar refractivity (Wildman–Crippen MR) is 109 cm³/mol. The molecule has 7 heteroatoms. The number of aliphatic imine (C=N–C) groups is 1. The number of phenolic OH excluding ortho intramolecular Hbond substituents is 1. The maximum absolute atomic E-state index is 12.8. The number of ether oxygens (including phenoxy) is 3. The van der Waals surface area contributed by atoms with E-state index in [9.17, 15) is 14.7 Å². The molecular weight excluding hydrogens is 374 g/mol. The van der Waals surface area contributed by atoms with Gasteiger partial charge in [-0.15, -0.1) is 0 Å². The molecule has 7 nitrogen and oxygen atoms in total. The predicted octanol–water partition coefficient (Wildman–Crippen LogP) is 3.31. The van der Waals surface area contributed by atoms with Gasteiger partial charge in [-0.3, -0.25) is 9.79 Å². The molecule has 1 aromatic carbocycles. The first-order chi connectivity index (χ1) is 13.8. The molecule has 1 aliphatic rings. The van der Waals surface area contributed by atoms with E-state index in [1.54, 1.807) is 26.0 Å². The molecule has 0 fully saturated rings. The second-order valence-corrected chi connectivity index (χ2v) is 6.44. The van der Waals surface area contributed by atoms with Gasteiger partial charge in [-0.25, -0.2) is 4.79 Å². The Morgan fingerprint density at radius 3 is 2.45 bits per heavy atom. The van der Waals surface area contributed by atoms with Gasteiger partial charge in [0.1, 0.15) is 19.1 Å². The fourth-order valence-corrected chi connectivity index (χ4v) is 3.30. The summed E-state index contributed by atoms with van der Waals surface area (Å²) in [4.78, 5) is 30.1. The molecule has 154 valence electrons. The molecule has 0 aliphatic carbocycles. The lowest BCUT2D eigenvalue weighted by atomic mass is 9.75. The van der Waals surface area contributed by atoms with Crippen molar-refractivity contribution in [1.82, 2.24) is 0 Å². The Kier molecular flexibility index (Phi) is 7.36. The van der Waals surface area contributed by atoms with Crippen LogP contribution in [0.4, 0.5) is 0 Å². The number of allylic oxidation sites excluding steroid dienone is 1. The van der Waals surface area contributed by atoms with E-state index in [0.717, 1.165) is 0 Å². The lowest BCUT2D eigenvalue weighted by molar-refractivity contribution is -0.145. The third-order valence-electron chi connectivity index (χ3n) is 4.54. The normalized spacial score (nSPS) is 18.5. The number of carbonyl (C=O) groups is 2. The first-order valence-corrected chi connectivity index (χ1v) is 9.04. The Hall–Kier alpha value is -3.35. The molecular formula is C22H25NO6. The highest BCUT2D eigenvalue weighted by molar-refractivity contribution is 6.07. The van der Waals surface area contributed by atoms with Gasteiger partial charge >= 0.3 is 11.9 Å². The lowest BCUT2D eigenvalue weighted by Gasteiger charge is -2.31. The number of rotatable bonds is 8. The van der Waals surface area contributed by atoms with E-state index >= 15 is 0 Å². The highest BCUT2D eigenvalue weighted by atomic mass is 16.5. The fraction of sp³-hybridized carbons (Fsp3) is 0.318. The number of methoxy groups -OCH3 is 1. The van der Waals surface area contributed by atoms with Gasteiger partial charge in [-0.2, -0.15) is 0 Å². The van der Waals surface area contributed by atoms with Crippen molar-refractivity contribution in [3.63, 3.8) is 0 Å². The van der Waals surface area contributed by atoms with Crippen LogP contribution in [0.15, 0.2) is 59.8 Å². The summed E-state index contributed by atoms with van der Waals surface area (Å²) in [7, 11) is 1.42. The van der Waals surface area contributed by atoms with Crippen molar-refractivity contribution in [3.8, 4) is 11.5 Å². The summed E-state index contributed by atoms with van der Waals surface area (Å²) in [6.07, 6.45) is 2.92. The maximum atomic E-state index is 12.8. The van der Waals surface area contributed by atoms with E-state index in [1.165, 1.54) is 25.3 Å². The molecule has 2 atom stereocenters. The van der Waals surface area contributed by atoms with Crippen LogP contribution in [0.2, 0.25) is 0 Å². The molecule has 0 spiro atoms. The molecule has 0 radical (unpaired) electrons. The van der Waals surface area contributed by atoms with E-state index in [2.05, 4.69) is 18.2 Å². The van der Waals surface area contributed by atoms with Gasteiger partial charge in [-0.1, -0.05) is 31.4 Å². The summed E-state index contributed by atoms with van der Waals surface area (Å²) < 4.78 is 15.7. The molecule has 0 saturated carbocycles. The quantitative estimate of drug-likeness (QED) is 0.532. The zero-order valence-corrected chi connectivity index (χ0v) is 16.8. The number of benzene rings is 1. The zero-order chi connectivity index (χ0) is 21.6. The van der Waals surface area contributed by atoms with Crippen molar-refractivity contribution < 1.29 is 28.9 Å². The fourth-order valence-electron chi connectivity index (χ4n) is 3.30. The van der Waals surface area contributed by atoms with Gasteiger partial charge in [0.15, 0.2) is 11.5 Å². The van der Waals surface area contributed by atoms with E-state index in [-0.39, 0.29) is 30.3 Å². The minimum Gasteiger partial charge on any atom is -0.504 e. The number of esters is 2. The zero-order valence-electron chi connectivity index (χ0n) is 16.8. The Morgan fingerprint density at radius 1 is 1.17 bits per heavy atom. The van der Waals surface area contributed by atoms with Crippen LogP contribution in [0.5, 0.6) is 11.5 Å². The highest BCUT2D eigenvalue weighted by Crippen LogP contribution is 2.42. The molecule has 0 aromatic heterocycles. The van der Waals surface area contributed by atoms with Gasteiger partial charge in [0, 0.05) is 17.3 Å². The molecule has 1 heterocycles. The molecule has 29 heavy (non-hydrogen) atoms. The third-order valence-corrected chi connectivity index (χ3v) is 4.54. The summed E-state index contributed by atoms with van der Waals surface area (Å²) in [6, 6.07) is 4.66. The third kappa shape index (κ3) is 4.74. The SMILES string of the molecule is C=CCOC(=O)C1=C(C)N=C(C)C(C(=O)OCC=C)[C@@H]1c1ccc(O)c(OC)c1. The minimum atomic E-state index is -0.848. The first-order valence-electron chi connectivity index (χ1n) is 9.04.